The van der Waals surface area contributed by atoms with Gasteiger partial charge < -0.3 is 14.8 Å². The molecule has 0 spiro atoms. The standard InChI is InChI=1S/C9H17NO2/c1-4-6-8-7(5-10-6)11-9(2,3)12-8/h6-8,10H,4-5H2,1-3H3/t6-,7?,8?/m0/s1. The average molecular weight is 171 g/mol. The Kier molecular flexibility index (Phi) is 1.90. The second kappa shape index (κ2) is 2.69. The first-order valence-electron chi connectivity index (χ1n) is 4.71. The molecular formula is C9H17NO2. The fraction of sp³-hybridized carbons (Fsp3) is 1.00. The Morgan fingerprint density at radius 3 is 2.83 bits per heavy atom. The van der Waals surface area contributed by atoms with Crippen LogP contribution in [0.15, 0.2) is 0 Å². The largest absolute Gasteiger partial charge is 0.343 e. The van der Waals surface area contributed by atoms with Crippen LogP contribution < -0.4 is 5.32 Å². The predicted octanol–water partition coefficient (Wildman–Crippen LogP) is 0.888. The van der Waals surface area contributed by atoms with Crippen LogP contribution in [0.2, 0.25) is 0 Å². The molecule has 2 heterocycles. The molecule has 0 bridgehead atoms. The highest BCUT2D eigenvalue weighted by atomic mass is 16.8. The Morgan fingerprint density at radius 1 is 1.42 bits per heavy atom. The number of fused-ring (bicyclic) bond motifs is 1. The summed E-state index contributed by atoms with van der Waals surface area (Å²) < 4.78 is 11.5. The second-order valence-corrected chi connectivity index (χ2v) is 4.06. The molecule has 0 saturated carbocycles. The predicted molar refractivity (Wildman–Crippen MR) is 45.9 cm³/mol. The van der Waals surface area contributed by atoms with Crippen molar-refractivity contribution in [1.82, 2.24) is 5.32 Å². The summed E-state index contributed by atoms with van der Waals surface area (Å²) in [5.41, 5.74) is 0. The van der Waals surface area contributed by atoms with Crippen molar-refractivity contribution >= 4 is 0 Å². The molecule has 2 aliphatic heterocycles. The lowest BCUT2D eigenvalue weighted by atomic mass is 10.1. The Labute approximate surface area is 73.4 Å². The zero-order valence-electron chi connectivity index (χ0n) is 7.96. The minimum absolute atomic E-state index is 0.268. The Morgan fingerprint density at radius 2 is 2.17 bits per heavy atom. The summed E-state index contributed by atoms with van der Waals surface area (Å²) >= 11 is 0. The van der Waals surface area contributed by atoms with Crippen molar-refractivity contribution in [2.75, 3.05) is 6.54 Å². The maximum atomic E-state index is 5.79. The van der Waals surface area contributed by atoms with Crippen LogP contribution in [0, 0.1) is 0 Å². The third kappa shape index (κ3) is 1.26. The monoisotopic (exact) mass is 171 g/mol. The van der Waals surface area contributed by atoms with Gasteiger partial charge in [0.2, 0.25) is 0 Å². The van der Waals surface area contributed by atoms with E-state index in [-0.39, 0.29) is 18.0 Å². The molecule has 0 radical (unpaired) electrons. The topological polar surface area (TPSA) is 30.5 Å². The van der Waals surface area contributed by atoms with Gasteiger partial charge in [0.1, 0.15) is 12.2 Å². The van der Waals surface area contributed by atoms with E-state index in [1.54, 1.807) is 0 Å². The molecule has 70 valence electrons. The molecule has 0 aromatic rings. The van der Waals surface area contributed by atoms with E-state index in [0.29, 0.717) is 6.04 Å². The van der Waals surface area contributed by atoms with Crippen LogP contribution in [0.5, 0.6) is 0 Å². The van der Waals surface area contributed by atoms with Crippen molar-refractivity contribution in [2.45, 2.75) is 51.2 Å². The lowest BCUT2D eigenvalue weighted by Crippen LogP contribution is -2.34. The fourth-order valence-corrected chi connectivity index (χ4v) is 2.12. The van der Waals surface area contributed by atoms with E-state index >= 15 is 0 Å². The second-order valence-electron chi connectivity index (χ2n) is 4.06. The van der Waals surface area contributed by atoms with Crippen molar-refractivity contribution in [3.63, 3.8) is 0 Å². The highest BCUT2D eigenvalue weighted by Crippen LogP contribution is 2.33. The van der Waals surface area contributed by atoms with Crippen LogP contribution in [0.1, 0.15) is 27.2 Å². The number of hydrogen-bond donors (Lipinski definition) is 1. The molecule has 3 atom stereocenters. The normalized spacial score (nSPS) is 44.8. The van der Waals surface area contributed by atoms with Gasteiger partial charge in [-0.15, -0.1) is 0 Å². The Balaban J connectivity index is 2.06. The van der Waals surface area contributed by atoms with Crippen molar-refractivity contribution in [1.29, 1.82) is 0 Å². The quantitative estimate of drug-likeness (QED) is 0.635. The molecule has 0 amide bonds. The molecule has 2 rings (SSSR count). The SMILES string of the molecule is CC[C@@H]1NCC2OC(C)(C)OC21. The van der Waals surface area contributed by atoms with Crippen LogP contribution in [-0.2, 0) is 9.47 Å². The molecule has 3 nitrogen and oxygen atoms in total. The molecular weight excluding hydrogens is 154 g/mol. The molecule has 2 fully saturated rings. The van der Waals surface area contributed by atoms with Gasteiger partial charge in [0.25, 0.3) is 0 Å². The Bertz CT molecular complexity index is 181. The van der Waals surface area contributed by atoms with Gasteiger partial charge in [-0.05, 0) is 20.3 Å². The number of hydrogen-bond acceptors (Lipinski definition) is 3. The van der Waals surface area contributed by atoms with E-state index in [0.717, 1.165) is 13.0 Å². The van der Waals surface area contributed by atoms with E-state index in [1.807, 2.05) is 13.8 Å². The van der Waals surface area contributed by atoms with Crippen LogP contribution in [-0.4, -0.2) is 30.6 Å². The van der Waals surface area contributed by atoms with Crippen molar-refractivity contribution in [3.8, 4) is 0 Å². The van der Waals surface area contributed by atoms with Gasteiger partial charge in [0, 0.05) is 12.6 Å². The molecule has 2 saturated heterocycles. The summed E-state index contributed by atoms with van der Waals surface area (Å²) in [5, 5.41) is 3.40. The molecule has 0 aromatic carbocycles. The maximum Gasteiger partial charge on any atom is 0.163 e. The minimum atomic E-state index is -0.370. The average Bonchev–Trinajstić information content (AvgIpc) is 2.42. The van der Waals surface area contributed by atoms with Crippen LogP contribution in [0.4, 0.5) is 0 Å². The van der Waals surface area contributed by atoms with Gasteiger partial charge in [0.05, 0.1) is 0 Å². The van der Waals surface area contributed by atoms with Crippen LogP contribution >= 0.6 is 0 Å². The number of nitrogens with one attached hydrogen (secondary N) is 1. The van der Waals surface area contributed by atoms with Gasteiger partial charge in [-0.3, -0.25) is 0 Å². The van der Waals surface area contributed by atoms with E-state index in [2.05, 4.69) is 12.2 Å². The van der Waals surface area contributed by atoms with E-state index in [9.17, 15) is 0 Å². The number of rotatable bonds is 1. The summed E-state index contributed by atoms with van der Waals surface area (Å²) in [4.78, 5) is 0. The molecule has 2 aliphatic rings. The summed E-state index contributed by atoms with van der Waals surface area (Å²) in [6.07, 6.45) is 1.65. The van der Waals surface area contributed by atoms with E-state index < -0.39 is 0 Å². The summed E-state index contributed by atoms with van der Waals surface area (Å²) in [5.74, 6) is -0.370. The molecule has 0 aliphatic carbocycles. The minimum Gasteiger partial charge on any atom is -0.343 e. The van der Waals surface area contributed by atoms with Gasteiger partial charge in [-0.25, -0.2) is 0 Å². The zero-order valence-corrected chi connectivity index (χ0v) is 7.96. The highest BCUT2D eigenvalue weighted by molar-refractivity contribution is 4.96. The lowest BCUT2D eigenvalue weighted by Gasteiger charge is -2.21. The van der Waals surface area contributed by atoms with E-state index in [1.165, 1.54) is 0 Å². The van der Waals surface area contributed by atoms with E-state index in [4.69, 9.17) is 9.47 Å². The van der Waals surface area contributed by atoms with Crippen LogP contribution in [0.3, 0.4) is 0 Å². The summed E-state index contributed by atoms with van der Waals surface area (Å²) in [6, 6.07) is 0.483. The summed E-state index contributed by atoms with van der Waals surface area (Å²) in [6.45, 7) is 7.08. The van der Waals surface area contributed by atoms with Crippen molar-refractivity contribution in [3.05, 3.63) is 0 Å². The smallest absolute Gasteiger partial charge is 0.163 e. The molecule has 12 heavy (non-hydrogen) atoms. The number of ether oxygens (including phenoxy) is 2. The first-order valence-corrected chi connectivity index (χ1v) is 4.71. The molecule has 3 heteroatoms. The van der Waals surface area contributed by atoms with Crippen molar-refractivity contribution < 1.29 is 9.47 Å². The van der Waals surface area contributed by atoms with Gasteiger partial charge >= 0.3 is 0 Å². The Hall–Kier alpha value is -0.120. The third-order valence-electron chi connectivity index (χ3n) is 2.64. The zero-order chi connectivity index (χ0) is 8.77. The van der Waals surface area contributed by atoms with Gasteiger partial charge in [-0.1, -0.05) is 6.92 Å². The molecule has 0 aromatic heterocycles. The summed E-state index contributed by atoms with van der Waals surface area (Å²) in [7, 11) is 0. The maximum absolute atomic E-state index is 5.79. The lowest BCUT2D eigenvalue weighted by molar-refractivity contribution is -0.152. The first-order chi connectivity index (χ1) is 5.62. The first kappa shape index (κ1) is 8.48. The van der Waals surface area contributed by atoms with Gasteiger partial charge in [0.15, 0.2) is 5.79 Å². The fourth-order valence-electron chi connectivity index (χ4n) is 2.12. The van der Waals surface area contributed by atoms with Crippen molar-refractivity contribution in [2.24, 2.45) is 0 Å². The van der Waals surface area contributed by atoms with Crippen LogP contribution in [0.25, 0.3) is 0 Å². The highest BCUT2D eigenvalue weighted by Gasteiger charge is 2.48. The van der Waals surface area contributed by atoms with Gasteiger partial charge in [-0.2, -0.15) is 0 Å². The third-order valence-corrected chi connectivity index (χ3v) is 2.64. The molecule has 2 unspecified atom stereocenters. The molecule has 1 N–H and O–H groups in total.